The van der Waals surface area contributed by atoms with E-state index in [4.69, 9.17) is 9.47 Å². The smallest absolute Gasteiger partial charge is 0.410 e. The van der Waals surface area contributed by atoms with Crippen LogP contribution in [0.2, 0.25) is 0 Å². The monoisotopic (exact) mass is 463 g/mol. The molecule has 0 spiro atoms. The normalized spacial score (nSPS) is 33.8. The van der Waals surface area contributed by atoms with Gasteiger partial charge in [0.15, 0.2) is 0 Å². The molecule has 2 aliphatic heterocycles. The number of ether oxygens (including phenoxy) is 2. The van der Waals surface area contributed by atoms with E-state index in [1.807, 2.05) is 0 Å². The topological polar surface area (TPSA) is 114 Å². The number of carbonyl (C=O) groups is 4. The molecule has 2 heterocycles. The summed E-state index contributed by atoms with van der Waals surface area (Å²) in [4.78, 5) is 52.4. The minimum absolute atomic E-state index is 0.116. The van der Waals surface area contributed by atoms with Crippen LogP contribution >= 0.6 is 0 Å². The number of amides is 3. The van der Waals surface area contributed by atoms with Crippen LogP contribution in [-0.4, -0.2) is 66.7 Å². The maximum Gasteiger partial charge on any atom is 0.410 e. The fourth-order valence-corrected chi connectivity index (χ4v) is 6.21. The number of hydrogen-bond donors (Lipinski definition) is 2. The molecule has 5 atom stereocenters. The third-order valence-corrected chi connectivity index (χ3v) is 7.84. The predicted octanol–water partition coefficient (Wildman–Crippen LogP) is 1.84. The van der Waals surface area contributed by atoms with Crippen LogP contribution in [0.4, 0.5) is 4.79 Å². The van der Waals surface area contributed by atoms with E-state index in [-0.39, 0.29) is 30.1 Å². The van der Waals surface area contributed by atoms with Gasteiger partial charge in [-0.1, -0.05) is 0 Å². The second-order valence-electron chi connectivity index (χ2n) is 11.2. The van der Waals surface area contributed by atoms with E-state index in [1.54, 1.807) is 20.8 Å². The third-order valence-electron chi connectivity index (χ3n) is 7.84. The molecule has 2 bridgehead atoms. The summed E-state index contributed by atoms with van der Waals surface area (Å²) in [5.41, 5.74) is -0.671. The number of likely N-dealkylation sites (tertiary alicyclic amines) is 1. The second-order valence-corrected chi connectivity index (χ2v) is 11.2. The van der Waals surface area contributed by atoms with Gasteiger partial charge in [0, 0.05) is 19.0 Å². The lowest BCUT2D eigenvalue weighted by molar-refractivity contribution is -0.146. The highest BCUT2D eigenvalue weighted by Gasteiger charge is 2.52. The Morgan fingerprint density at radius 2 is 1.88 bits per heavy atom. The van der Waals surface area contributed by atoms with Crippen LogP contribution < -0.4 is 10.6 Å². The summed E-state index contributed by atoms with van der Waals surface area (Å²) in [6, 6.07) is -1.64. The van der Waals surface area contributed by atoms with E-state index in [9.17, 15) is 19.2 Å². The summed E-state index contributed by atoms with van der Waals surface area (Å²) < 4.78 is 10.5. The van der Waals surface area contributed by atoms with Crippen molar-refractivity contribution < 1.29 is 28.7 Å². The first-order valence-electron chi connectivity index (χ1n) is 12.2. The second kappa shape index (κ2) is 9.14. The van der Waals surface area contributed by atoms with Gasteiger partial charge >= 0.3 is 12.1 Å². The van der Waals surface area contributed by atoms with Crippen molar-refractivity contribution in [2.45, 2.75) is 77.0 Å². The summed E-state index contributed by atoms with van der Waals surface area (Å²) >= 11 is 0. The van der Waals surface area contributed by atoms with Gasteiger partial charge < -0.3 is 20.1 Å². The highest BCUT2D eigenvalue weighted by atomic mass is 16.6. The Morgan fingerprint density at radius 3 is 2.42 bits per heavy atom. The summed E-state index contributed by atoms with van der Waals surface area (Å²) in [6.07, 6.45) is 4.56. The first-order valence-corrected chi connectivity index (χ1v) is 12.2. The number of nitrogens with one attached hydrogen (secondary N) is 2. The SMILES string of the molecule is COC(=O)[C@H](C[C@@H]1CCNC1=O)NC(=O)[C@@H]1CC(C2CC3CC2C3)CN1C(=O)OC(C)(C)C. The number of methoxy groups -OCH3 is 1. The first kappa shape index (κ1) is 23.8. The Hall–Kier alpha value is -2.32. The summed E-state index contributed by atoms with van der Waals surface area (Å²) in [6.45, 7) is 6.47. The Labute approximate surface area is 195 Å². The molecule has 5 rings (SSSR count). The molecule has 2 saturated heterocycles. The van der Waals surface area contributed by atoms with Gasteiger partial charge in [-0.2, -0.15) is 0 Å². The van der Waals surface area contributed by atoms with E-state index >= 15 is 0 Å². The Kier molecular flexibility index (Phi) is 6.60. The molecule has 3 aliphatic carbocycles. The van der Waals surface area contributed by atoms with Crippen molar-refractivity contribution in [3.63, 3.8) is 0 Å². The summed E-state index contributed by atoms with van der Waals surface area (Å²) in [5.74, 6) is 0.850. The van der Waals surface area contributed by atoms with E-state index in [0.29, 0.717) is 37.8 Å². The summed E-state index contributed by atoms with van der Waals surface area (Å²) in [5, 5.41) is 5.55. The van der Waals surface area contributed by atoms with Gasteiger partial charge in [-0.3, -0.25) is 14.5 Å². The van der Waals surface area contributed by atoms with Crippen LogP contribution in [0.25, 0.3) is 0 Å². The molecular weight excluding hydrogens is 426 g/mol. The lowest BCUT2D eigenvalue weighted by Gasteiger charge is -2.29. The Bertz CT molecular complexity index is 803. The van der Waals surface area contributed by atoms with E-state index < -0.39 is 29.7 Å². The van der Waals surface area contributed by atoms with Crippen LogP contribution in [0.1, 0.15) is 59.3 Å². The molecule has 184 valence electrons. The number of nitrogens with zero attached hydrogens (tertiary/aromatic N) is 1. The van der Waals surface area contributed by atoms with Gasteiger partial charge in [0.2, 0.25) is 11.8 Å². The zero-order valence-corrected chi connectivity index (χ0v) is 20.1. The Balaban J connectivity index is 1.48. The highest BCUT2D eigenvalue weighted by Crippen LogP contribution is 2.56. The lowest BCUT2D eigenvalue weighted by atomic mass is 9.78. The number of rotatable bonds is 6. The van der Waals surface area contributed by atoms with Crippen LogP contribution in [-0.2, 0) is 23.9 Å². The van der Waals surface area contributed by atoms with Crippen LogP contribution in [0.5, 0.6) is 0 Å². The van der Waals surface area contributed by atoms with Crippen molar-refractivity contribution >= 4 is 23.9 Å². The molecule has 2 unspecified atom stereocenters. The predicted molar refractivity (Wildman–Crippen MR) is 119 cm³/mol. The quantitative estimate of drug-likeness (QED) is 0.581. The molecule has 0 radical (unpaired) electrons. The molecule has 5 fully saturated rings. The zero-order chi connectivity index (χ0) is 23.9. The fraction of sp³-hybridized carbons (Fsp3) is 0.833. The van der Waals surface area contributed by atoms with Crippen LogP contribution in [0.3, 0.4) is 0 Å². The minimum Gasteiger partial charge on any atom is -0.467 e. The standard InChI is InChI=1S/C24H37N3O6/c1-24(2,3)33-23(31)27-12-16(17-9-13-7-15(17)8-13)11-19(27)21(29)26-18(22(30)32-4)10-14-5-6-25-20(14)28/h13-19H,5-12H2,1-4H3,(H,25,28)(H,26,29)/t13?,14-,15?,16?,17?,18-,19-/m0/s1. The van der Waals surface area contributed by atoms with Crippen molar-refractivity contribution in [1.82, 2.24) is 15.5 Å². The first-order chi connectivity index (χ1) is 15.6. The van der Waals surface area contributed by atoms with Crippen molar-refractivity contribution in [2.24, 2.45) is 29.6 Å². The van der Waals surface area contributed by atoms with Crippen molar-refractivity contribution in [3.05, 3.63) is 0 Å². The highest BCUT2D eigenvalue weighted by molar-refractivity contribution is 5.90. The molecule has 3 saturated carbocycles. The third kappa shape index (κ3) is 5.11. The molecule has 0 aromatic rings. The lowest BCUT2D eigenvalue weighted by Crippen LogP contribution is -2.52. The van der Waals surface area contributed by atoms with E-state index in [1.165, 1.54) is 31.3 Å². The minimum atomic E-state index is -0.935. The summed E-state index contributed by atoms with van der Waals surface area (Å²) in [7, 11) is 1.26. The molecule has 9 heteroatoms. The molecule has 3 amide bonds. The maximum atomic E-state index is 13.4. The molecule has 5 aliphatic rings. The molecule has 0 aromatic heterocycles. The maximum absolute atomic E-state index is 13.4. The van der Waals surface area contributed by atoms with Gasteiger partial charge in [0.05, 0.1) is 7.11 Å². The van der Waals surface area contributed by atoms with Gasteiger partial charge in [0.1, 0.15) is 17.7 Å². The number of carbonyl (C=O) groups excluding carboxylic acids is 4. The van der Waals surface area contributed by atoms with Crippen LogP contribution in [0.15, 0.2) is 0 Å². The average molecular weight is 464 g/mol. The van der Waals surface area contributed by atoms with Crippen molar-refractivity contribution in [2.75, 3.05) is 20.2 Å². The molecular formula is C24H37N3O6. The van der Waals surface area contributed by atoms with Gasteiger partial charge in [-0.15, -0.1) is 0 Å². The number of fused-ring (bicyclic) bond motifs is 1. The van der Waals surface area contributed by atoms with Gasteiger partial charge in [0.25, 0.3) is 0 Å². The van der Waals surface area contributed by atoms with Gasteiger partial charge in [-0.05, 0) is 83.0 Å². The van der Waals surface area contributed by atoms with Crippen molar-refractivity contribution in [1.29, 1.82) is 0 Å². The van der Waals surface area contributed by atoms with Crippen LogP contribution in [0, 0.1) is 29.6 Å². The zero-order valence-electron chi connectivity index (χ0n) is 20.1. The molecule has 9 nitrogen and oxygen atoms in total. The Morgan fingerprint density at radius 1 is 1.15 bits per heavy atom. The van der Waals surface area contributed by atoms with Crippen molar-refractivity contribution in [3.8, 4) is 0 Å². The number of hydrogen-bond acceptors (Lipinski definition) is 6. The largest absolute Gasteiger partial charge is 0.467 e. The van der Waals surface area contributed by atoms with E-state index in [0.717, 1.165) is 5.92 Å². The average Bonchev–Trinajstić information content (AvgIpc) is 3.47. The molecule has 2 N–H and O–H groups in total. The molecule has 0 aromatic carbocycles. The number of esters is 1. The van der Waals surface area contributed by atoms with Gasteiger partial charge in [-0.25, -0.2) is 9.59 Å². The van der Waals surface area contributed by atoms with E-state index in [2.05, 4.69) is 10.6 Å². The molecule has 33 heavy (non-hydrogen) atoms. The fourth-order valence-electron chi connectivity index (χ4n) is 6.21.